The first-order valence-corrected chi connectivity index (χ1v) is 8.52. The SMILES string of the molecule is CC1(CN2CCN(Cc3c(F)cccc3Cl)CC2)CCNC1.Cl. The Bertz CT molecular complexity index is 492. The zero-order valence-electron chi connectivity index (χ0n) is 13.7. The van der Waals surface area contributed by atoms with Crippen molar-refractivity contribution in [2.24, 2.45) is 5.41 Å². The molecular weight excluding hydrogens is 336 g/mol. The minimum atomic E-state index is -0.195. The summed E-state index contributed by atoms with van der Waals surface area (Å²) in [7, 11) is 0. The first-order chi connectivity index (χ1) is 10.6. The highest BCUT2D eigenvalue weighted by molar-refractivity contribution is 6.31. The molecule has 130 valence electrons. The van der Waals surface area contributed by atoms with Gasteiger partial charge in [0.2, 0.25) is 0 Å². The lowest BCUT2D eigenvalue weighted by molar-refractivity contribution is 0.0927. The number of hydrogen-bond acceptors (Lipinski definition) is 3. The van der Waals surface area contributed by atoms with E-state index in [1.807, 2.05) is 0 Å². The molecule has 3 rings (SSSR count). The lowest BCUT2D eigenvalue weighted by atomic mass is 9.89. The summed E-state index contributed by atoms with van der Waals surface area (Å²) >= 11 is 6.13. The van der Waals surface area contributed by atoms with Gasteiger partial charge < -0.3 is 10.2 Å². The maximum absolute atomic E-state index is 13.9. The van der Waals surface area contributed by atoms with Gasteiger partial charge in [-0.2, -0.15) is 0 Å². The van der Waals surface area contributed by atoms with Crippen LogP contribution >= 0.6 is 24.0 Å². The van der Waals surface area contributed by atoms with Crippen molar-refractivity contribution in [1.82, 2.24) is 15.1 Å². The number of nitrogens with zero attached hydrogens (tertiary/aromatic N) is 2. The van der Waals surface area contributed by atoms with Crippen LogP contribution in [0.15, 0.2) is 18.2 Å². The molecule has 1 aromatic rings. The highest BCUT2D eigenvalue weighted by Crippen LogP contribution is 2.26. The Morgan fingerprint density at radius 3 is 2.52 bits per heavy atom. The number of benzene rings is 1. The first-order valence-electron chi connectivity index (χ1n) is 8.14. The largest absolute Gasteiger partial charge is 0.316 e. The van der Waals surface area contributed by atoms with E-state index in [0.717, 1.165) is 45.8 Å². The van der Waals surface area contributed by atoms with Gasteiger partial charge in [0.1, 0.15) is 5.82 Å². The van der Waals surface area contributed by atoms with Gasteiger partial charge in [-0.1, -0.05) is 24.6 Å². The van der Waals surface area contributed by atoms with E-state index in [0.29, 0.717) is 22.5 Å². The van der Waals surface area contributed by atoms with Gasteiger partial charge in [-0.15, -0.1) is 12.4 Å². The van der Waals surface area contributed by atoms with Gasteiger partial charge in [0.15, 0.2) is 0 Å². The molecule has 2 fully saturated rings. The monoisotopic (exact) mass is 361 g/mol. The Balaban J connectivity index is 0.00000192. The molecule has 0 aliphatic carbocycles. The Hall–Kier alpha value is -0.390. The summed E-state index contributed by atoms with van der Waals surface area (Å²) in [5.41, 5.74) is 1.04. The Morgan fingerprint density at radius 2 is 1.91 bits per heavy atom. The average Bonchev–Trinajstić information content (AvgIpc) is 2.91. The Kier molecular flexibility index (Phi) is 6.69. The van der Waals surface area contributed by atoms with Gasteiger partial charge in [0.25, 0.3) is 0 Å². The molecule has 0 amide bonds. The number of nitrogens with one attached hydrogen (secondary N) is 1. The van der Waals surface area contributed by atoms with E-state index in [-0.39, 0.29) is 18.2 Å². The molecule has 2 saturated heterocycles. The molecule has 6 heteroatoms. The highest BCUT2D eigenvalue weighted by Gasteiger charge is 2.31. The fourth-order valence-corrected chi connectivity index (χ4v) is 3.78. The first kappa shape index (κ1) is 18.9. The molecule has 0 spiro atoms. The quantitative estimate of drug-likeness (QED) is 0.888. The lowest BCUT2D eigenvalue weighted by Gasteiger charge is -2.38. The normalized spacial score (nSPS) is 26.2. The van der Waals surface area contributed by atoms with Crippen LogP contribution in [0.5, 0.6) is 0 Å². The van der Waals surface area contributed by atoms with Crippen molar-refractivity contribution in [3.05, 3.63) is 34.6 Å². The van der Waals surface area contributed by atoms with E-state index in [1.165, 1.54) is 12.5 Å². The second-order valence-electron chi connectivity index (χ2n) is 6.99. The lowest BCUT2D eigenvalue weighted by Crippen LogP contribution is -2.49. The predicted molar refractivity (Wildman–Crippen MR) is 96.0 cm³/mol. The number of hydrogen-bond donors (Lipinski definition) is 1. The van der Waals surface area contributed by atoms with Crippen LogP contribution in [-0.4, -0.2) is 55.6 Å². The van der Waals surface area contributed by atoms with Crippen LogP contribution in [0, 0.1) is 11.2 Å². The number of halogens is 3. The Labute approximate surface area is 149 Å². The van der Waals surface area contributed by atoms with Crippen molar-refractivity contribution in [2.45, 2.75) is 19.9 Å². The van der Waals surface area contributed by atoms with Crippen LogP contribution < -0.4 is 5.32 Å². The molecule has 2 aliphatic rings. The summed E-state index contributed by atoms with van der Waals surface area (Å²) in [5, 5.41) is 4.00. The molecule has 1 atom stereocenters. The van der Waals surface area contributed by atoms with E-state index in [9.17, 15) is 4.39 Å². The smallest absolute Gasteiger partial charge is 0.129 e. The molecule has 23 heavy (non-hydrogen) atoms. The van der Waals surface area contributed by atoms with Gasteiger partial charge in [-0.05, 0) is 30.5 Å². The third kappa shape index (κ3) is 4.80. The minimum Gasteiger partial charge on any atom is -0.316 e. The second kappa shape index (κ2) is 8.13. The van der Waals surface area contributed by atoms with E-state index in [2.05, 4.69) is 22.0 Å². The van der Waals surface area contributed by atoms with Gasteiger partial charge in [-0.25, -0.2) is 4.39 Å². The van der Waals surface area contributed by atoms with Crippen LogP contribution in [0.1, 0.15) is 18.9 Å². The second-order valence-corrected chi connectivity index (χ2v) is 7.40. The van der Waals surface area contributed by atoms with Crippen LogP contribution in [0.4, 0.5) is 4.39 Å². The summed E-state index contributed by atoms with van der Waals surface area (Å²) in [4.78, 5) is 4.85. The van der Waals surface area contributed by atoms with Crippen molar-refractivity contribution >= 4 is 24.0 Å². The molecule has 0 saturated carbocycles. The van der Waals surface area contributed by atoms with Gasteiger partial charge in [-0.3, -0.25) is 4.90 Å². The van der Waals surface area contributed by atoms with Gasteiger partial charge >= 0.3 is 0 Å². The third-order valence-corrected chi connectivity index (χ3v) is 5.32. The van der Waals surface area contributed by atoms with E-state index < -0.39 is 0 Å². The molecule has 1 unspecified atom stereocenters. The molecule has 0 bridgehead atoms. The summed E-state index contributed by atoms with van der Waals surface area (Å²) in [5.74, 6) is -0.195. The van der Waals surface area contributed by atoms with Gasteiger partial charge in [0.05, 0.1) is 0 Å². The summed E-state index contributed by atoms with van der Waals surface area (Å²) in [6.45, 7) is 10.5. The summed E-state index contributed by atoms with van der Waals surface area (Å²) in [6.07, 6.45) is 1.26. The van der Waals surface area contributed by atoms with E-state index in [1.54, 1.807) is 12.1 Å². The van der Waals surface area contributed by atoms with Crippen molar-refractivity contribution in [1.29, 1.82) is 0 Å². The standard InChI is InChI=1S/C17H25ClFN3.ClH/c1-17(5-6-20-12-17)13-22-9-7-21(8-10-22)11-14-15(18)3-2-4-16(14)19;/h2-4,20H,5-13H2,1H3;1H. The molecule has 3 nitrogen and oxygen atoms in total. The average molecular weight is 362 g/mol. The van der Waals surface area contributed by atoms with Crippen molar-refractivity contribution in [3.8, 4) is 0 Å². The van der Waals surface area contributed by atoms with Crippen molar-refractivity contribution in [2.75, 3.05) is 45.8 Å². The fraction of sp³-hybridized carbons (Fsp3) is 0.647. The van der Waals surface area contributed by atoms with E-state index in [4.69, 9.17) is 11.6 Å². The highest BCUT2D eigenvalue weighted by atomic mass is 35.5. The minimum absolute atomic E-state index is 0. The van der Waals surface area contributed by atoms with Crippen molar-refractivity contribution < 1.29 is 4.39 Å². The van der Waals surface area contributed by atoms with Crippen LogP contribution in [0.2, 0.25) is 5.02 Å². The predicted octanol–water partition coefficient (Wildman–Crippen LogP) is 3.02. The Morgan fingerprint density at radius 1 is 1.22 bits per heavy atom. The zero-order chi connectivity index (χ0) is 15.6. The number of rotatable bonds is 4. The third-order valence-electron chi connectivity index (χ3n) is 4.97. The molecule has 2 heterocycles. The topological polar surface area (TPSA) is 18.5 Å². The molecule has 1 N–H and O–H groups in total. The fourth-order valence-electron chi connectivity index (χ4n) is 3.56. The van der Waals surface area contributed by atoms with E-state index >= 15 is 0 Å². The van der Waals surface area contributed by atoms with Crippen LogP contribution in [0.3, 0.4) is 0 Å². The summed E-state index contributed by atoms with van der Waals surface area (Å²) in [6, 6.07) is 4.92. The molecular formula is C17H26Cl2FN3. The van der Waals surface area contributed by atoms with Crippen molar-refractivity contribution in [3.63, 3.8) is 0 Å². The maximum atomic E-state index is 13.9. The molecule has 0 radical (unpaired) electrons. The number of piperazine rings is 1. The van der Waals surface area contributed by atoms with Crippen LogP contribution in [-0.2, 0) is 6.54 Å². The van der Waals surface area contributed by atoms with Gasteiger partial charge in [0, 0.05) is 56.4 Å². The zero-order valence-corrected chi connectivity index (χ0v) is 15.2. The molecule has 0 aromatic heterocycles. The molecule has 2 aliphatic heterocycles. The van der Waals surface area contributed by atoms with Crippen LogP contribution in [0.25, 0.3) is 0 Å². The summed E-state index contributed by atoms with van der Waals surface area (Å²) < 4.78 is 13.9. The maximum Gasteiger partial charge on any atom is 0.129 e. The molecule has 1 aromatic carbocycles.